The van der Waals surface area contributed by atoms with E-state index in [1.54, 1.807) is 27.7 Å². The lowest BCUT2D eigenvalue weighted by molar-refractivity contribution is -0.128. The molecule has 7 atom stereocenters. The first-order valence-electron chi connectivity index (χ1n) is 49.3. The maximum atomic E-state index is 13.6. The maximum Gasteiger partial charge on any atom is 0.173 e. The summed E-state index contributed by atoms with van der Waals surface area (Å²) in [4.78, 5) is 82.4. The fourth-order valence-corrected chi connectivity index (χ4v) is 19.6. The van der Waals surface area contributed by atoms with Crippen LogP contribution in [0.2, 0.25) is 0 Å². The molecule has 147 heavy (non-hydrogen) atoms. The Balaban J connectivity index is 0.000000129. The molecule has 7 aliphatic carbocycles. The zero-order valence-corrected chi connectivity index (χ0v) is 89.7. The Morgan fingerprint density at radius 3 is 0.490 bits per heavy atom. The molecular formula is C127H122Br2Cl2F2O14. The number of alkyl halides is 6. The van der Waals surface area contributed by atoms with E-state index in [1.165, 1.54) is 27.7 Å². The van der Waals surface area contributed by atoms with Crippen molar-refractivity contribution in [2.24, 2.45) is 5.41 Å². The van der Waals surface area contributed by atoms with Crippen molar-refractivity contribution in [3.63, 3.8) is 0 Å². The van der Waals surface area contributed by atoms with E-state index in [0.29, 0.717) is 19.3 Å². The molecule has 756 valence electrons. The van der Waals surface area contributed by atoms with Gasteiger partial charge in [0.15, 0.2) is 46.0 Å². The molecule has 0 bridgehead atoms. The zero-order valence-electron chi connectivity index (χ0n) is 85.0. The lowest BCUT2D eigenvalue weighted by Gasteiger charge is -2.17. The minimum atomic E-state index is -1.83. The summed E-state index contributed by atoms with van der Waals surface area (Å²) in [5.74, 6) is -0.463. The molecule has 20 heteroatoms. The first-order chi connectivity index (χ1) is 69.1. The van der Waals surface area contributed by atoms with Crippen LogP contribution in [0, 0.1) is 5.41 Å². The molecule has 7 N–H and O–H groups in total. The van der Waals surface area contributed by atoms with Crippen molar-refractivity contribution >= 4 is 95.5 Å². The molecule has 0 radical (unpaired) electrons. The number of aliphatic hydroxyl groups excluding tert-OH is 7. The highest BCUT2D eigenvalue weighted by molar-refractivity contribution is 9.10. The van der Waals surface area contributed by atoms with Gasteiger partial charge >= 0.3 is 0 Å². The van der Waals surface area contributed by atoms with Crippen LogP contribution in [-0.2, 0) is 78.5 Å². The highest BCUT2D eigenvalue weighted by Gasteiger charge is 2.39. The largest absolute Gasteiger partial charge is 0.384 e. The predicted octanol–water partition coefficient (Wildman–Crippen LogP) is 26.9. The summed E-state index contributed by atoms with van der Waals surface area (Å²) in [7, 11) is 0. The van der Waals surface area contributed by atoms with E-state index >= 15 is 0 Å². The minimum Gasteiger partial charge on any atom is -0.384 e. The number of fused-ring (bicyclic) bond motifs is 21. The van der Waals surface area contributed by atoms with Crippen LogP contribution in [0.1, 0.15) is 263 Å². The molecule has 7 aliphatic rings. The Labute approximate surface area is 885 Å². The molecule has 0 saturated heterocycles. The summed E-state index contributed by atoms with van der Waals surface area (Å²) >= 11 is 18.9. The number of ketones is 7. The second kappa shape index (κ2) is 43.6. The number of carbonyl (C=O) groups is 7. The number of halogens is 6. The number of Topliss-reactive ketones (excluding diaryl/α,β-unsaturated/α-hetero) is 7. The van der Waals surface area contributed by atoms with E-state index in [1.807, 2.05) is 346 Å². The summed E-state index contributed by atoms with van der Waals surface area (Å²) in [5.41, 5.74) is 29.2. The molecule has 0 spiro atoms. The molecule has 7 unspecified atom stereocenters. The Kier molecular flexibility index (Phi) is 32.3. The molecule has 0 amide bonds. The second-order valence-corrected chi connectivity index (χ2v) is 48.5. The molecule has 0 aromatic heterocycles. The van der Waals surface area contributed by atoms with Gasteiger partial charge in [0.05, 0.1) is 18.4 Å². The molecule has 0 heterocycles. The van der Waals surface area contributed by atoms with Crippen molar-refractivity contribution in [3.8, 4) is 77.9 Å². The quantitative estimate of drug-likeness (QED) is 0.0350. The average molecular weight is 2140 g/mol. The Hall–Kier alpha value is -12.1. The van der Waals surface area contributed by atoms with Crippen LogP contribution in [0.5, 0.6) is 0 Å². The van der Waals surface area contributed by atoms with Gasteiger partial charge in [0.25, 0.3) is 0 Å². The first-order valence-corrected chi connectivity index (χ1v) is 51.7. The van der Waals surface area contributed by atoms with Gasteiger partial charge in [0.2, 0.25) is 0 Å². The molecule has 0 fully saturated rings. The van der Waals surface area contributed by atoms with Crippen LogP contribution in [0.3, 0.4) is 0 Å². The van der Waals surface area contributed by atoms with Crippen LogP contribution in [0.25, 0.3) is 77.9 Å². The molecule has 14 aromatic carbocycles. The number of carbonyl (C=O) groups excluding carboxylic acids is 7. The van der Waals surface area contributed by atoms with Crippen molar-refractivity contribution in [1.29, 1.82) is 0 Å². The number of hydrogen-bond acceptors (Lipinski definition) is 14. The molecule has 14 aromatic rings. The molecule has 0 aliphatic heterocycles. The van der Waals surface area contributed by atoms with Gasteiger partial charge in [-0.05, 0) is 278 Å². The van der Waals surface area contributed by atoms with Crippen molar-refractivity contribution in [3.05, 3.63) is 414 Å². The van der Waals surface area contributed by atoms with Gasteiger partial charge in [-0.1, -0.05) is 350 Å². The topological polar surface area (TPSA) is 261 Å². The van der Waals surface area contributed by atoms with Gasteiger partial charge in [-0.25, -0.2) is 8.78 Å². The normalized spacial score (nSPS) is 16.5. The van der Waals surface area contributed by atoms with E-state index in [4.69, 9.17) is 23.2 Å². The Bertz CT molecular complexity index is 6230. The fraction of sp³-hybridized carbons (Fsp3) is 0.283. The number of rotatable bonds is 20. The van der Waals surface area contributed by atoms with Crippen molar-refractivity contribution in [2.75, 3.05) is 0 Å². The first kappa shape index (κ1) is 109. The highest BCUT2D eigenvalue weighted by atomic mass is 79.9. The third-order valence-electron chi connectivity index (χ3n) is 28.1. The third kappa shape index (κ3) is 24.3. The van der Waals surface area contributed by atoms with E-state index < -0.39 is 84.0 Å². The van der Waals surface area contributed by atoms with Gasteiger partial charge in [-0.15, -0.1) is 23.2 Å². The molecule has 21 rings (SSSR count). The van der Waals surface area contributed by atoms with Crippen molar-refractivity contribution in [2.45, 2.75) is 221 Å². The molecular weight excluding hydrogens is 2020 g/mol. The lowest BCUT2D eigenvalue weighted by atomic mass is 9.86. The van der Waals surface area contributed by atoms with E-state index in [0.717, 1.165) is 195 Å². The van der Waals surface area contributed by atoms with Gasteiger partial charge in [0.1, 0.15) is 48.5 Å². The Morgan fingerprint density at radius 2 is 0.347 bits per heavy atom. The average Bonchev–Trinajstić information content (AvgIpc) is 1.65. The standard InChI is InChI=1S/C19H20O2.2C18H17BrO2.2C18H17ClO2.2C18H17FO2/c1-19(2,3)17(20)11-12-8-9-14-13-6-4-5-7-15(13)18(21)16(14)10-12;6*1-18(2,19)16(20)10-11-7-8-13-12-5-3-4-6-14(12)17(21)15(13)9-11/h4-10,18,21H,11H2,1-3H3;6*3-9,17,21H,10H2,1-2H3. The summed E-state index contributed by atoms with van der Waals surface area (Å²) in [6, 6.07) is 95.4. The summed E-state index contributed by atoms with van der Waals surface area (Å²) in [5, 5.41) is 73.1. The van der Waals surface area contributed by atoms with Gasteiger partial charge in [0, 0.05) is 50.4 Å². The van der Waals surface area contributed by atoms with Gasteiger partial charge in [-0.3, -0.25) is 33.6 Å². The highest BCUT2D eigenvalue weighted by Crippen LogP contribution is 2.52. The molecule has 0 saturated carbocycles. The Morgan fingerprint density at radius 1 is 0.211 bits per heavy atom. The van der Waals surface area contributed by atoms with E-state index in [9.17, 15) is 78.1 Å². The van der Waals surface area contributed by atoms with Crippen molar-refractivity contribution in [1.82, 2.24) is 0 Å². The lowest BCUT2D eigenvalue weighted by Crippen LogP contribution is -2.27. The van der Waals surface area contributed by atoms with Gasteiger partial charge in [-0.2, -0.15) is 0 Å². The van der Waals surface area contributed by atoms with Crippen LogP contribution in [-0.4, -0.2) is 106 Å². The number of hydrogen-bond donors (Lipinski definition) is 7. The van der Waals surface area contributed by atoms with E-state index in [2.05, 4.69) is 31.9 Å². The zero-order chi connectivity index (χ0) is 106. The SMILES string of the molecule is CC(C)(Br)C(=O)Cc1ccc2c(c1)C(O)c1ccccc1-2.CC(C)(Br)C(=O)Cc1ccc2c(c1)C(O)c1ccccc1-2.CC(C)(C)C(=O)Cc1ccc2c(c1)C(O)c1ccccc1-2.CC(C)(Cl)C(=O)Cc1ccc2c(c1)C(O)c1ccccc1-2.CC(C)(Cl)C(=O)Cc1ccc2c(c1)C(O)c1ccccc1-2.CC(C)(F)C(=O)Cc1ccc2c(c1)C(O)c1ccccc1-2.CC(C)(F)C(=O)Cc1ccc2c(c1)C(O)c1ccccc1-2. The smallest absolute Gasteiger partial charge is 0.173 e. The maximum absolute atomic E-state index is 13.6. The third-order valence-corrected chi connectivity index (χ3v) is 29.4. The van der Waals surface area contributed by atoms with E-state index in [-0.39, 0.29) is 60.0 Å². The van der Waals surface area contributed by atoms with Crippen LogP contribution >= 0.6 is 55.1 Å². The summed E-state index contributed by atoms with van der Waals surface area (Å²) in [6.07, 6.45) is -2.55. The van der Waals surface area contributed by atoms with Crippen LogP contribution in [0.4, 0.5) is 8.78 Å². The second-order valence-electron chi connectivity index (χ2n) is 42.7. The summed E-state index contributed by atoms with van der Waals surface area (Å²) in [6.45, 7) is 25.1. The fourth-order valence-electron chi connectivity index (χ4n) is 19.2. The van der Waals surface area contributed by atoms with Crippen LogP contribution in [0.15, 0.2) is 297 Å². The monoisotopic (exact) mass is 2140 g/mol. The van der Waals surface area contributed by atoms with Gasteiger partial charge < -0.3 is 35.7 Å². The minimum absolute atomic E-state index is 0.0193. The van der Waals surface area contributed by atoms with Crippen molar-refractivity contribution < 1.29 is 78.1 Å². The van der Waals surface area contributed by atoms with Crippen LogP contribution < -0.4 is 0 Å². The summed E-state index contributed by atoms with van der Waals surface area (Å²) < 4.78 is 26.2. The number of aliphatic hydroxyl groups is 7. The predicted molar refractivity (Wildman–Crippen MR) is 588 cm³/mol. The molecule has 14 nitrogen and oxygen atoms in total. The number of benzene rings is 14.